The summed E-state index contributed by atoms with van der Waals surface area (Å²) in [4.78, 5) is 11.9. The van der Waals surface area contributed by atoms with Crippen LogP contribution in [0, 0.1) is 5.41 Å². The molecule has 0 radical (unpaired) electrons. The lowest BCUT2D eigenvalue weighted by molar-refractivity contribution is 0.0923. The molecule has 0 fully saturated rings. The Hall–Kier alpha value is -1.88. The summed E-state index contributed by atoms with van der Waals surface area (Å²) >= 11 is 2.94. The third kappa shape index (κ3) is 2.29. The van der Waals surface area contributed by atoms with E-state index in [9.17, 15) is 4.79 Å². The topological polar surface area (TPSA) is 70.2 Å². The molecule has 0 aromatic heterocycles. The monoisotopic (exact) mass is 291 g/mol. The second-order valence-corrected chi connectivity index (χ2v) is 4.24. The fraction of sp³-hybridized carbons (Fsp3) is 0. The van der Waals surface area contributed by atoms with Crippen LogP contribution < -0.4 is 5.73 Å². The summed E-state index contributed by atoms with van der Waals surface area (Å²) in [7, 11) is 0. The van der Waals surface area contributed by atoms with E-state index in [1.54, 1.807) is 12.1 Å². The summed E-state index contributed by atoms with van der Waals surface area (Å²) in [6.07, 6.45) is 0. The molecule has 4 nitrogen and oxygen atoms in total. The highest BCUT2D eigenvalue weighted by molar-refractivity contribution is 9.08. The SMILES string of the molecule is N=C(N)N(Br)C(=O)c1ccc2ccccc2c1. The maximum absolute atomic E-state index is 11.9. The van der Waals surface area contributed by atoms with Gasteiger partial charge in [-0.25, -0.2) is 3.93 Å². The summed E-state index contributed by atoms with van der Waals surface area (Å²) in [5.41, 5.74) is 5.71. The number of benzene rings is 2. The Morgan fingerprint density at radius 3 is 2.47 bits per heavy atom. The Balaban J connectivity index is 2.43. The van der Waals surface area contributed by atoms with Crippen molar-refractivity contribution in [2.24, 2.45) is 5.73 Å². The maximum atomic E-state index is 11.9. The Labute approximate surface area is 107 Å². The summed E-state index contributed by atoms with van der Waals surface area (Å²) in [5.74, 6) is -0.702. The minimum atomic E-state index is -0.358. The van der Waals surface area contributed by atoms with Gasteiger partial charge >= 0.3 is 0 Å². The first-order valence-corrected chi connectivity index (χ1v) is 5.63. The first-order valence-electron chi connectivity index (χ1n) is 4.92. The molecule has 0 heterocycles. The average Bonchev–Trinajstić information content (AvgIpc) is 2.36. The van der Waals surface area contributed by atoms with Gasteiger partial charge in [-0.05, 0) is 22.9 Å². The van der Waals surface area contributed by atoms with Gasteiger partial charge in [0, 0.05) is 5.56 Å². The van der Waals surface area contributed by atoms with Crippen molar-refractivity contribution in [1.82, 2.24) is 3.93 Å². The molecule has 17 heavy (non-hydrogen) atoms. The number of hydrogen-bond acceptors (Lipinski definition) is 2. The van der Waals surface area contributed by atoms with Gasteiger partial charge in [-0.1, -0.05) is 30.3 Å². The zero-order chi connectivity index (χ0) is 12.4. The number of rotatable bonds is 1. The number of hydrogen-bond donors (Lipinski definition) is 2. The molecule has 2 rings (SSSR count). The average molecular weight is 292 g/mol. The fourth-order valence-electron chi connectivity index (χ4n) is 1.55. The van der Waals surface area contributed by atoms with Gasteiger partial charge in [0.25, 0.3) is 5.91 Å². The van der Waals surface area contributed by atoms with Gasteiger partial charge in [0.15, 0.2) is 0 Å². The van der Waals surface area contributed by atoms with E-state index in [1.165, 1.54) is 0 Å². The van der Waals surface area contributed by atoms with Crippen LogP contribution in [-0.2, 0) is 0 Å². The van der Waals surface area contributed by atoms with Crippen LogP contribution in [0.4, 0.5) is 0 Å². The molecule has 1 amide bonds. The van der Waals surface area contributed by atoms with Crippen molar-refractivity contribution >= 4 is 38.8 Å². The van der Waals surface area contributed by atoms with E-state index in [0.717, 1.165) is 14.7 Å². The zero-order valence-electron chi connectivity index (χ0n) is 8.85. The number of halogens is 1. The van der Waals surface area contributed by atoms with Crippen LogP contribution in [0.3, 0.4) is 0 Å². The molecule has 0 aliphatic carbocycles. The number of amides is 1. The van der Waals surface area contributed by atoms with E-state index in [0.29, 0.717) is 5.56 Å². The van der Waals surface area contributed by atoms with Gasteiger partial charge in [0.2, 0.25) is 5.96 Å². The van der Waals surface area contributed by atoms with Crippen molar-refractivity contribution in [2.75, 3.05) is 0 Å². The van der Waals surface area contributed by atoms with Crippen molar-refractivity contribution in [1.29, 1.82) is 5.41 Å². The minimum absolute atomic E-state index is 0.344. The summed E-state index contributed by atoms with van der Waals surface area (Å²) < 4.78 is 0.928. The molecular formula is C12H10BrN3O. The smallest absolute Gasteiger partial charge is 0.270 e. The molecule has 5 heteroatoms. The first kappa shape index (κ1) is 11.6. The normalized spacial score (nSPS) is 10.2. The van der Waals surface area contributed by atoms with Crippen LogP contribution in [0.1, 0.15) is 10.4 Å². The van der Waals surface area contributed by atoms with Crippen LogP contribution in [0.5, 0.6) is 0 Å². The Morgan fingerprint density at radius 1 is 1.18 bits per heavy atom. The van der Waals surface area contributed by atoms with Gasteiger partial charge in [0.05, 0.1) is 16.1 Å². The third-order valence-corrected chi connectivity index (χ3v) is 3.09. The number of nitrogens with two attached hydrogens (primary N) is 1. The highest BCUT2D eigenvalue weighted by Gasteiger charge is 2.15. The number of fused-ring (bicyclic) bond motifs is 1. The highest BCUT2D eigenvalue weighted by atomic mass is 79.9. The molecule has 0 bridgehead atoms. The van der Waals surface area contributed by atoms with Crippen molar-refractivity contribution < 1.29 is 4.79 Å². The van der Waals surface area contributed by atoms with Gasteiger partial charge in [-0.15, -0.1) is 0 Å². The highest BCUT2D eigenvalue weighted by Crippen LogP contribution is 2.17. The Morgan fingerprint density at radius 2 is 1.82 bits per heavy atom. The van der Waals surface area contributed by atoms with Crippen LogP contribution in [0.25, 0.3) is 10.8 Å². The second kappa shape index (κ2) is 4.55. The maximum Gasteiger partial charge on any atom is 0.270 e. The van der Waals surface area contributed by atoms with E-state index in [4.69, 9.17) is 11.1 Å². The largest absolute Gasteiger partial charge is 0.369 e. The summed E-state index contributed by atoms with van der Waals surface area (Å²) in [6, 6.07) is 13.1. The van der Waals surface area contributed by atoms with Crippen LogP contribution in [0.2, 0.25) is 0 Å². The predicted molar refractivity (Wildman–Crippen MR) is 71.0 cm³/mol. The molecule has 0 aliphatic rings. The number of carbonyl (C=O) groups is 1. The Bertz CT molecular complexity index is 597. The van der Waals surface area contributed by atoms with E-state index in [1.807, 2.05) is 30.3 Å². The number of guanidine groups is 1. The predicted octanol–water partition coefficient (Wildman–Crippen LogP) is 2.49. The molecule has 0 saturated carbocycles. The molecule has 0 unspecified atom stereocenters. The molecule has 0 atom stereocenters. The minimum Gasteiger partial charge on any atom is -0.369 e. The third-order valence-electron chi connectivity index (χ3n) is 2.39. The van der Waals surface area contributed by atoms with Gasteiger partial charge in [0.1, 0.15) is 0 Å². The number of carbonyl (C=O) groups excluding carboxylic acids is 1. The fourth-order valence-corrected chi connectivity index (χ4v) is 1.75. The standard InChI is InChI=1S/C12H10BrN3O/c13-16(12(14)15)11(17)10-6-5-8-3-1-2-4-9(8)7-10/h1-7H,(H3,14,15). The second-order valence-electron chi connectivity index (χ2n) is 3.53. The molecule has 3 N–H and O–H groups in total. The lowest BCUT2D eigenvalue weighted by Crippen LogP contribution is -2.33. The van der Waals surface area contributed by atoms with Gasteiger partial charge in [-0.2, -0.15) is 0 Å². The van der Waals surface area contributed by atoms with Crippen LogP contribution in [-0.4, -0.2) is 15.8 Å². The summed E-state index contributed by atoms with van der Waals surface area (Å²) in [6.45, 7) is 0. The molecular weight excluding hydrogens is 282 g/mol. The van der Waals surface area contributed by atoms with Crippen molar-refractivity contribution in [3.05, 3.63) is 48.0 Å². The van der Waals surface area contributed by atoms with Crippen molar-refractivity contribution in [3.63, 3.8) is 0 Å². The summed E-state index contributed by atoms with van der Waals surface area (Å²) in [5, 5.41) is 9.22. The lowest BCUT2D eigenvalue weighted by atomic mass is 10.1. The molecule has 0 spiro atoms. The molecule has 0 aliphatic heterocycles. The molecule has 2 aromatic carbocycles. The van der Waals surface area contributed by atoms with Gasteiger partial charge < -0.3 is 5.73 Å². The van der Waals surface area contributed by atoms with Crippen LogP contribution >= 0.6 is 16.1 Å². The van der Waals surface area contributed by atoms with Crippen molar-refractivity contribution in [3.8, 4) is 0 Å². The zero-order valence-corrected chi connectivity index (χ0v) is 10.4. The van der Waals surface area contributed by atoms with E-state index < -0.39 is 0 Å². The molecule has 86 valence electrons. The van der Waals surface area contributed by atoms with Crippen LogP contribution in [0.15, 0.2) is 42.5 Å². The number of nitrogens with zero attached hydrogens (tertiary/aromatic N) is 1. The van der Waals surface area contributed by atoms with E-state index in [-0.39, 0.29) is 11.9 Å². The van der Waals surface area contributed by atoms with Gasteiger partial charge in [-0.3, -0.25) is 10.2 Å². The first-order chi connectivity index (χ1) is 8.09. The quantitative estimate of drug-likeness (QED) is 0.481. The Kier molecular flexibility index (Phi) is 3.10. The lowest BCUT2D eigenvalue weighted by Gasteiger charge is -2.12. The van der Waals surface area contributed by atoms with E-state index >= 15 is 0 Å². The van der Waals surface area contributed by atoms with E-state index in [2.05, 4.69) is 16.1 Å². The molecule has 2 aromatic rings. The van der Waals surface area contributed by atoms with Crippen molar-refractivity contribution in [2.45, 2.75) is 0 Å². The molecule has 0 saturated heterocycles. The number of nitrogens with one attached hydrogen (secondary N) is 1.